The number of fused-ring (bicyclic) bond motifs is 3. The number of halogens is 1. The van der Waals surface area contributed by atoms with E-state index in [1.165, 1.54) is 25.3 Å². The summed E-state index contributed by atoms with van der Waals surface area (Å²) >= 11 is 0. The maximum Gasteiger partial charge on any atom is 0.206 e. The number of pyridine rings is 1. The number of ether oxygens (including phenoxy) is 1. The second-order valence-corrected chi connectivity index (χ2v) is 5.84. The highest BCUT2D eigenvalue weighted by atomic mass is 19.1. The molecule has 2 heterocycles. The van der Waals surface area contributed by atoms with Gasteiger partial charge in [-0.2, -0.15) is 0 Å². The second-order valence-electron chi connectivity index (χ2n) is 5.84. The fraction of sp³-hybridized carbons (Fsp3) is 0.0476. The molecule has 1 N–H and O–H groups in total. The number of carbonyl (C=O) groups excluding carboxylic acids is 1. The van der Waals surface area contributed by atoms with Gasteiger partial charge in [0.05, 0.1) is 12.6 Å². The number of para-hydroxylation sites is 1. The third kappa shape index (κ3) is 2.73. The molecule has 0 spiro atoms. The van der Waals surface area contributed by atoms with Crippen LogP contribution in [-0.4, -0.2) is 22.9 Å². The number of ketones is 1. The molecule has 0 saturated heterocycles. The number of carbonyl (C=O) groups is 1. The predicted molar refractivity (Wildman–Crippen MR) is 99.9 cm³/mol. The Morgan fingerprint density at radius 2 is 2.00 bits per heavy atom. The maximum atomic E-state index is 13.5. The van der Waals surface area contributed by atoms with Gasteiger partial charge in [-0.15, -0.1) is 0 Å². The molecule has 2 aromatic heterocycles. The first-order chi connectivity index (χ1) is 12.7. The van der Waals surface area contributed by atoms with Gasteiger partial charge in [-0.3, -0.25) is 9.78 Å². The van der Waals surface area contributed by atoms with E-state index in [1.807, 2.05) is 30.3 Å². The van der Waals surface area contributed by atoms with Gasteiger partial charge < -0.3 is 9.72 Å². The van der Waals surface area contributed by atoms with E-state index in [2.05, 4.69) is 9.97 Å². The van der Waals surface area contributed by atoms with Crippen LogP contribution in [0.1, 0.15) is 16.1 Å². The summed E-state index contributed by atoms with van der Waals surface area (Å²) in [6, 6.07) is 14.2. The first-order valence-corrected chi connectivity index (χ1v) is 8.09. The number of rotatable bonds is 4. The average Bonchev–Trinajstić information content (AvgIpc) is 3.06. The SMILES string of the molecule is COc1cc(/C=C/C(=O)c2nccc3c2[nH]c2ccccc23)ccc1F. The Morgan fingerprint density at radius 1 is 1.15 bits per heavy atom. The summed E-state index contributed by atoms with van der Waals surface area (Å²) < 4.78 is 18.4. The standard InChI is InChI=1S/C21H15FN2O2/c1-26-19-12-13(6-8-16(19)22)7-9-18(25)21-20-15(10-11-23-21)14-4-2-3-5-17(14)24-20/h2-12,24H,1H3/b9-7+. The van der Waals surface area contributed by atoms with Crippen molar-refractivity contribution in [3.8, 4) is 5.75 Å². The van der Waals surface area contributed by atoms with Crippen LogP contribution in [-0.2, 0) is 0 Å². The number of H-pyrrole nitrogens is 1. The molecule has 0 atom stereocenters. The highest BCUT2D eigenvalue weighted by Crippen LogP contribution is 2.27. The van der Waals surface area contributed by atoms with E-state index in [4.69, 9.17) is 4.74 Å². The Bertz CT molecular complexity index is 1160. The van der Waals surface area contributed by atoms with Crippen molar-refractivity contribution in [1.82, 2.24) is 9.97 Å². The molecule has 2 aromatic carbocycles. The molecule has 0 aliphatic heterocycles. The van der Waals surface area contributed by atoms with Crippen LogP contribution in [0.25, 0.3) is 27.9 Å². The first kappa shape index (κ1) is 16.0. The van der Waals surface area contributed by atoms with E-state index in [9.17, 15) is 9.18 Å². The summed E-state index contributed by atoms with van der Waals surface area (Å²) in [5, 5.41) is 2.00. The zero-order valence-corrected chi connectivity index (χ0v) is 14.0. The Balaban J connectivity index is 1.72. The molecule has 128 valence electrons. The normalized spacial score (nSPS) is 11.5. The van der Waals surface area contributed by atoms with Gasteiger partial charge in [0, 0.05) is 22.5 Å². The van der Waals surface area contributed by atoms with Crippen molar-refractivity contribution in [2.45, 2.75) is 0 Å². The lowest BCUT2D eigenvalue weighted by Crippen LogP contribution is -1.99. The van der Waals surface area contributed by atoms with Gasteiger partial charge in [0.25, 0.3) is 0 Å². The Morgan fingerprint density at radius 3 is 2.85 bits per heavy atom. The Hall–Kier alpha value is -3.47. The minimum Gasteiger partial charge on any atom is -0.494 e. The van der Waals surface area contributed by atoms with Crippen LogP contribution in [0.2, 0.25) is 0 Å². The minimum absolute atomic E-state index is 0.135. The van der Waals surface area contributed by atoms with E-state index >= 15 is 0 Å². The molecule has 4 nitrogen and oxygen atoms in total. The number of aromatic amines is 1. The van der Waals surface area contributed by atoms with Crippen molar-refractivity contribution in [2.24, 2.45) is 0 Å². The van der Waals surface area contributed by atoms with Gasteiger partial charge in [-0.1, -0.05) is 30.3 Å². The van der Waals surface area contributed by atoms with Gasteiger partial charge in [0.15, 0.2) is 11.6 Å². The smallest absolute Gasteiger partial charge is 0.206 e. The van der Waals surface area contributed by atoms with Crippen LogP contribution >= 0.6 is 0 Å². The number of hydrogen-bond donors (Lipinski definition) is 1. The molecule has 26 heavy (non-hydrogen) atoms. The monoisotopic (exact) mass is 346 g/mol. The van der Waals surface area contributed by atoms with Crippen molar-refractivity contribution in [3.05, 3.63) is 77.9 Å². The molecule has 4 aromatic rings. The lowest BCUT2D eigenvalue weighted by Gasteiger charge is -2.02. The zero-order chi connectivity index (χ0) is 18.1. The molecule has 0 radical (unpaired) electrons. The van der Waals surface area contributed by atoms with Crippen molar-refractivity contribution >= 4 is 33.7 Å². The van der Waals surface area contributed by atoms with Gasteiger partial charge in [0.2, 0.25) is 5.78 Å². The molecule has 0 saturated carbocycles. The number of nitrogens with one attached hydrogen (secondary N) is 1. The van der Waals surface area contributed by atoms with Crippen LogP contribution in [0.15, 0.2) is 60.8 Å². The quantitative estimate of drug-likeness (QED) is 0.428. The largest absolute Gasteiger partial charge is 0.494 e. The average molecular weight is 346 g/mol. The van der Waals surface area contributed by atoms with E-state index in [0.29, 0.717) is 16.8 Å². The number of nitrogens with zero attached hydrogens (tertiary/aromatic N) is 1. The fourth-order valence-electron chi connectivity index (χ4n) is 2.99. The van der Waals surface area contributed by atoms with E-state index < -0.39 is 5.82 Å². The topological polar surface area (TPSA) is 55.0 Å². The van der Waals surface area contributed by atoms with E-state index in [1.54, 1.807) is 18.3 Å². The molecule has 0 aliphatic carbocycles. The summed E-state index contributed by atoms with van der Waals surface area (Å²) in [6.45, 7) is 0. The van der Waals surface area contributed by atoms with Gasteiger partial charge >= 0.3 is 0 Å². The predicted octanol–water partition coefficient (Wildman–Crippen LogP) is 4.76. The summed E-state index contributed by atoms with van der Waals surface area (Å²) in [5.41, 5.74) is 2.68. The summed E-state index contributed by atoms with van der Waals surface area (Å²) in [6.07, 6.45) is 4.68. The van der Waals surface area contributed by atoms with Crippen LogP contribution in [0, 0.1) is 5.82 Å². The molecular weight excluding hydrogens is 331 g/mol. The molecule has 0 amide bonds. The van der Waals surface area contributed by atoms with E-state index in [-0.39, 0.29) is 11.5 Å². The third-order valence-electron chi connectivity index (χ3n) is 4.26. The molecule has 0 bridgehead atoms. The lowest BCUT2D eigenvalue weighted by atomic mass is 10.1. The molecule has 4 rings (SSSR count). The van der Waals surface area contributed by atoms with Crippen molar-refractivity contribution in [3.63, 3.8) is 0 Å². The maximum absolute atomic E-state index is 13.5. The first-order valence-electron chi connectivity index (χ1n) is 8.09. The molecule has 5 heteroatoms. The van der Waals surface area contributed by atoms with Crippen molar-refractivity contribution in [2.75, 3.05) is 7.11 Å². The molecule has 0 unspecified atom stereocenters. The number of hydrogen-bond acceptors (Lipinski definition) is 3. The molecular formula is C21H15FN2O2. The van der Waals surface area contributed by atoms with Crippen LogP contribution in [0.3, 0.4) is 0 Å². The Labute approximate surface area is 148 Å². The third-order valence-corrected chi connectivity index (χ3v) is 4.26. The summed E-state index contributed by atoms with van der Waals surface area (Å²) in [4.78, 5) is 20.2. The summed E-state index contributed by atoms with van der Waals surface area (Å²) in [5.74, 6) is -0.540. The van der Waals surface area contributed by atoms with Crippen molar-refractivity contribution < 1.29 is 13.9 Å². The van der Waals surface area contributed by atoms with Gasteiger partial charge in [-0.05, 0) is 35.9 Å². The van der Waals surface area contributed by atoms with Crippen molar-refractivity contribution in [1.29, 1.82) is 0 Å². The van der Waals surface area contributed by atoms with E-state index in [0.717, 1.165) is 16.3 Å². The lowest BCUT2D eigenvalue weighted by molar-refractivity contribution is 0.104. The fourth-order valence-corrected chi connectivity index (χ4v) is 2.99. The second kappa shape index (κ2) is 6.44. The number of methoxy groups -OCH3 is 1. The van der Waals surface area contributed by atoms with Crippen LogP contribution in [0.5, 0.6) is 5.75 Å². The van der Waals surface area contributed by atoms with Crippen LogP contribution in [0.4, 0.5) is 4.39 Å². The Kier molecular flexibility index (Phi) is 3.97. The molecule has 0 fully saturated rings. The highest BCUT2D eigenvalue weighted by Gasteiger charge is 2.13. The number of allylic oxidation sites excluding steroid dienone is 1. The minimum atomic E-state index is -0.444. The number of benzene rings is 2. The van der Waals surface area contributed by atoms with Gasteiger partial charge in [0.1, 0.15) is 5.69 Å². The number of aromatic nitrogens is 2. The zero-order valence-electron chi connectivity index (χ0n) is 14.0. The molecule has 0 aliphatic rings. The van der Waals surface area contributed by atoms with Crippen LogP contribution < -0.4 is 4.74 Å². The van der Waals surface area contributed by atoms with Gasteiger partial charge in [-0.25, -0.2) is 4.39 Å². The summed E-state index contributed by atoms with van der Waals surface area (Å²) in [7, 11) is 1.40. The highest BCUT2D eigenvalue weighted by molar-refractivity contribution is 6.17.